The summed E-state index contributed by atoms with van der Waals surface area (Å²) in [7, 11) is 0. The molecule has 0 nitrogen and oxygen atoms in total. The van der Waals surface area contributed by atoms with E-state index in [-0.39, 0.29) is 17.0 Å². The zero-order valence-electron chi connectivity index (χ0n) is 5.91. The molecule has 0 atom stereocenters. The molecule has 0 radical (unpaired) electrons. The molecule has 0 aliphatic carbocycles. The van der Waals surface area contributed by atoms with Gasteiger partial charge in [-0.3, -0.25) is 0 Å². The van der Waals surface area contributed by atoms with E-state index in [4.69, 9.17) is 0 Å². The van der Waals surface area contributed by atoms with Gasteiger partial charge in [-0.15, -0.1) is 0 Å². The van der Waals surface area contributed by atoms with Crippen molar-refractivity contribution in [1.82, 2.24) is 0 Å². The summed E-state index contributed by atoms with van der Waals surface area (Å²) in [4.78, 5) is 0. The topological polar surface area (TPSA) is 0 Å². The van der Waals surface area contributed by atoms with Gasteiger partial charge >= 0.3 is 53.7 Å². The molecule has 0 aromatic rings. The molecule has 0 unspecified atom stereocenters. The van der Waals surface area contributed by atoms with Crippen LogP contribution in [0.1, 0.15) is 20.8 Å². The van der Waals surface area contributed by atoms with Crippen molar-refractivity contribution in [3.8, 4) is 0 Å². The molecule has 0 rings (SSSR count). The second-order valence-electron chi connectivity index (χ2n) is 1.48. The first-order valence-corrected chi connectivity index (χ1v) is 7.93. The molecular weight excluding hydrogens is 280 g/mol. The summed E-state index contributed by atoms with van der Waals surface area (Å²) in [6, 6.07) is 0. The van der Waals surface area contributed by atoms with Gasteiger partial charge in [0.2, 0.25) is 0 Å². The summed E-state index contributed by atoms with van der Waals surface area (Å²) in [6.45, 7) is 7.01. The molecule has 0 N–H and O–H groups in total. The van der Waals surface area contributed by atoms with Crippen molar-refractivity contribution in [2.75, 3.05) is 0 Å². The smallest absolute Gasteiger partial charge is 1.00 e. The fourth-order valence-electron chi connectivity index (χ4n) is 0.612. The van der Waals surface area contributed by atoms with Gasteiger partial charge < -0.3 is 17.0 Å². The zero-order chi connectivity index (χ0) is 5.70. The second-order valence-corrected chi connectivity index (χ2v) is 9.92. The molecule has 8 heavy (non-hydrogen) atoms. The monoisotopic (exact) mass is 296 g/mol. The molecule has 52 valence electrons. The third-order valence-electron chi connectivity index (χ3n) is 1.22. The Morgan fingerprint density at radius 2 is 1.12 bits per heavy atom. The van der Waals surface area contributed by atoms with E-state index in [1.54, 1.807) is 0 Å². The Morgan fingerprint density at radius 1 is 0.875 bits per heavy atom. The van der Waals surface area contributed by atoms with Crippen LogP contribution in [-0.4, -0.2) is 19.6 Å². The maximum Gasteiger partial charge on any atom is -1.00 e. The Kier molecular flexibility index (Phi) is 12.4. The average Bonchev–Trinajstić information content (AvgIpc) is 1.72. The predicted octanol–water partition coefficient (Wildman–Crippen LogP) is -0.455. The fraction of sp³-hybridized carbons (Fsp3) is 1.00. The molecule has 2 heteroatoms. The molecule has 0 fully saturated rings. The largest absolute Gasteiger partial charge is 1.00 e. The molecule has 0 spiro atoms. The van der Waals surface area contributed by atoms with Crippen molar-refractivity contribution in [2.24, 2.45) is 0 Å². The van der Waals surface area contributed by atoms with Crippen molar-refractivity contribution >= 4 is 19.6 Å². The molecule has 0 aliphatic heterocycles. The Morgan fingerprint density at radius 3 is 1.12 bits per heavy atom. The van der Waals surface area contributed by atoms with E-state index in [1.165, 1.54) is 13.4 Å². The Bertz CT molecular complexity index is 30.0. The van der Waals surface area contributed by atoms with Crippen LogP contribution in [0.2, 0.25) is 13.4 Å². The average molecular weight is 295 g/mol. The van der Waals surface area contributed by atoms with E-state index >= 15 is 0 Å². The molecule has 0 saturated heterocycles. The minimum Gasteiger partial charge on any atom is -1.00 e. The maximum atomic E-state index is 2.34. The number of halogens is 1. The zero-order valence-corrected chi connectivity index (χ0v) is 9.82. The minimum atomic E-state index is -0.431. The van der Waals surface area contributed by atoms with Crippen LogP contribution in [-0.2, 0) is 0 Å². The van der Waals surface area contributed by atoms with Gasteiger partial charge in [0.1, 0.15) is 0 Å². The molecule has 0 amide bonds. The molecule has 0 heterocycles. The van der Waals surface area contributed by atoms with Crippen molar-refractivity contribution < 1.29 is 17.0 Å². The SMILES string of the molecule is CC[Te+](CC)CC.[Br-]. The molecular formula is C6H15BrTe. The summed E-state index contributed by atoms with van der Waals surface area (Å²) in [5, 5.41) is 0. The molecule has 0 aromatic carbocycles. The molecule has 0 saturated carbocycles. The molecule has 0 aromatic heterocycles. The first-order valence-electron chi connectivity index (χ1n) is 2.99. The van der Waals surface area contributed by atoms with Gasteiger partial charge in [0, 0.05) is 0 Å². The quantitative estimate of drug-likeness (QED) is 0.618. The maximum absolute atomic E-state index is 2.34. The van der Waals surface area contributed by atoms with Crippen LogP contribution in [0.25, 0.3) is 0 Å². The third kappa shape index (κ3) is 5.41. The van der Waals surface area contributed by atoms with E-state index in [9.17, 15) is 0 Å². The van der Waals surface area contributed by atoms with E-state index in [1.807, 2.05) is 0 Å². The van der Waals surface area contributed by atoms with Gasteiger partial charge in [-0.25, -0.2) is 0 Å². The van der Waals surface area contributed by atoms with Crippen molar-refractivity contribution in [3.63, 3.8) is 0 Å². The first-order chi connectivity index (χ1) is 3.35. The number of hydrogen-bond acceptors (Lipinski definition) is 0. The van der Waals surface area contributed by atoms with E-state index in [0.29, 0.717) is 0 Å². The van der Waals surface area contributed by atoms with Gasteiger partial charge in [-0.2, -0.15) is 0 Å². The molecule has 0 aliphatic rings. The van der Waals surface area contributed by atoms with E-state index in [0.717, 1.165) is 0 Å². The number of hydrogen-bond donors (Lipinski definition) is 0. The van der Waals surface area contributed by atoms with Crippen LogP contribution >= 0.6 is 0 Å². The second kappa shape index (κ2) is 8.27. The van der Waals surface area contributed by atoms with Crippen molar-refractivity contribution in [2.45, 2.75) is 34.2 Å². The van der Waals surface area contributed by atoms with Gasteiger partial charge in [0.25, 0.3) is 0 Å². The number of rotatable bonds is 3. The normalized spacial score (nSPS) is 9.00. The van der Waals surface area contributed by atoms with Gasteiger partial charge in [-0.05, 0) is 0 Å². The summed E-state index contributed by atoms with van der Waals surface area (Å²) in [5.41, 5.74) is 0. The van der Waals surface area contributed by atoms with Gasteiger partial charge in [0.15, 0.2) is 0 Å². The van der Waals surface area contributed by atoms with Crippen LogP contribution < -0.4 is 17.0 Å². The Balaban J connectivity index is 0. The van der Waals surface area contributed by atoms with Crippen LogP contribution in [0.5, 0.6) is 0 Å². The predicted molar refractivity (Wildman–Crippen MR) is 37.2 cm³/mol. The summed E-state index contributed by atoms with van der Waals surface area (Å²) in [5.74, 6) is 0. The van der Waals surface area contributed by atoms with Crippen molar-refractivity contribution in [3.05, 3.63) is 0 Å². The summed E-state index contributed by atoms with van der Waals surface area (Å²) in [6.07, 6.45) is 0. The van der Waals surface area contributed by atoms with E-state index < -0.39 is 19.6 Å². The van der Waals surface area contributed by atoms with Crippen LogP contribution in [0.15, 0.2) is 0 Å². The Hall–Kier alpha value is 1.27. The summed E-state index contributed by atoms with van der Waals surface area (Å²) < 4.78 is 4.57. The summed E-state index contributed by atoms with van der Waals surface area (Å²) >= 11 is -0.431. The minimum absolute atomic E-state index is 0. The first kappa shape index (κ1) is 12.0. The fourth-order valence-corrected chi connectivity index (χ4v) is 4.11. The van der Waals surface area contributed by atoms with E-state index in [2.05, 4.69) is 20.8 Å². The van der Waals surface area contributed by atoms with Gasteiger partial charge in [0.05, 0.1) is 0 Å². The van der Waals surface area contributed by atoms with Crippen LogP contribution in [0.4, 0.5) is 0 Å². The van der Waals surface area contributed by atoms with Crippen LogP contribution in [0.3, 0.4) is 0 Å². The van der Waals surface area contributed by atoms with Crippen LogP contribution in [0, 0.1) is 0 Å². The third-order valence-corrected chi connectivity index (χ3v) is 8.22. The van der Waals surface area contributed by atoms with Crippen molar-refractivity contribution in [1.29, 1.82) is 0 Å². The standard InChI is InChI=1S/C6H15Te.BrH/c1-4-7(5-2)6-3;/h4-6H2,1-3H3;1H/q+1;/p-1. The Labute approximate surface area is 70.5 Å². The van der Waals surface area contributed by atoms with Gasteiger partial charge in [-0.1, -0.05) is 0 Å². The molecule has 0 bridgehead atoms.